The molecule has 0 bridgehead atoms. The van der Waals surface area contributed by atoms with Crippen LogP contribution in [0.15, 0.2) is 27.9 Å². The van der Waals surface area contributed by atoms with Gasteiger partial charge in [-0.15, -0.1) is 0 Å². The van der Waals surface area contributed by atoms with Gasteiger partial charge in [0.25, 0.3) is 0 Å². The van der Waals surface area contributed by atoms with E-state index in [0.29, 0.717) is 6.54 Å². The lowest BCUT2D eigenvalue weighted by atomic mass is 9.86. The van der Waals surface area contributed by atoms with Crippen molar-refractivity contribution in [1.82, 2.24) is 9.80 Å². The van der Waals surface area contributed by atoms with Crippen molar-refractivity contribution in [2.24, 2.45) is 10.9 Å². The Kier molecular flexibility index (Phi) is 6.45. The summed E-state index contributed by atoms with van der Waals surface area (Å²) < 4.78 is 5.64. The third-order valence-electron chi connectivity index (χ3n) is 6.10. The van der Waals surface area contributed by atoms with E-state index in [4.69, 9.17) is 9.73 Å². The molecule has 5 nitrogen and oxygen atoms in total. The smallest absolute Gasteiger partial charge is 0.410 e. The highest BCUT2D eigenvalue weighted by Gasteiger charge is 2.37. The molecule has 1 saturated heterocycles. The van der Waals surface area contributed by atoms with Crippen LogP contribution < -0.4 is 0 Å². The summed E-state index contributed by atoms with van der Waals surface area (Å²) in [4.78, 5) is 21.9. The molecule has 29 heavy (non-hydrogen) atoms. The van der Waals surface area contributed by atoms with Gasteiger partial charge in [-0.05, 0) is 85.6 Å². The SMILES string of the molecule is CCN=C1CCC=C(C2CC2)/C1=C(/C)N1C[C@@H](C)N(C(=O)OC(C)(C)C)C[C@@H]1C. The molecule has 0 radical (unpaired) electrons. The van der Waals surface area contributed by atoms with Crippen LogP contribution in [0.1, 0.15) is 74.1 Å². The number of aliphatic imine (C=N–C) groups is 1. The van der Waals surface area contributed by atoms with Crippen LogP contribution in [0.25, 0.3) is 0 Å². The second-order valence-corrected chi connectivity index (χ2v) is 9.84. The molecule has 5 heteroatoms. The van der Waals surface area contributed by atoms with Gasteiger partial charge >= 0.3 is 6.09 Å². The number of carbonyl (C=O) groups excluding carboxylic acids is 1. The molecule has 3 aliphatic rings. The molecule has 1 heterocycles. The molecule has 1 saturated carbocycles. The zero-order valence-electron chi connectivity index (χ0n) is 19.4. The van der Waals surface area contributed by atoms with Crippen LogP contribution in [0.3, 0.4) is 0 Å². The van der Waals surface area contributed by atoms with E-state index in [1.807, 2.05) is 25.7 Å². The molecule has 0 unspecified atom stereocenters. The van der Waals surface area contributed by atoms with Crippen molar-refractivity contribution < 1.29 is 9.53 Å². The first-order chi connectivity index (χ1) is 13.6. The topological polar surface area (TPSA) is 45.1 Å². The Hall–Kier alpha value is -1.78. The predicted molar refractivity (Wildman–Crippen MR) is 119 cm³/mol. The highest BCUT2D eigenvalue weighted by molar-refractivity contribution is 6.05. The number of allylic oxidation sites excluding steroid dienone is 4. The monoisotopic (exact) mass is 401 g/mol. The fourth-order valence-corrected chi connectivity index (χ4v) is 4.60. The van der Waals surface area contributed by atoms with E-state index in [1.54, 1.807) is 0 Å². The molecular formula is C24H39N3O2. The molecule has 0 spiro atoms. The number of amides is 1. The van der Waals surface area contributed by atoms with Gasteiger partial charge in [0.15, 0.2) is 0 Å². The Morgan fingerprint density at radius 3 is 2.38 bits per heavy atom. The normalized spacial score (nSPS) is 29.1. The molecule has 2 fully saturated rings. The number of rotatable bonds is 3. The Balaban J connectivity index is 1.85. The minimum Gasteiger partial charge on any atom is -0.444 e. The molecule has 1 aliphatic heterocycles. The quantitative estimate of drug-likeness (QED) is 0.654. The summed E-state index contributed by atoms with van der Waals surface area (Å²) in [6.45, 7) is 16.8. The van der Waals surface area contributed by atoms with Gasteiger partial charge in [-0.3, -0.25) is 4.99 Å². The maximum atomic E-state index is 12.7. The number of piperazine rings is 1. The molecule has 162 valence electrons. The molecule has 1 amide bonds. The van der Waals surface area contributed by atoms with Crippen LogP contribution in [0.5, 0.6) is 0 Å². The van der Waals surface area contributed by atoms with E-state index in [0.717, 1.165) is 31.8 Å². The second kappa shape index (κ2) is 8.53. The van der Waals surface area contributed by atoms with Gasteiger partial charge in [-0.1, -0.05) is 6.08 Å². The summed E-state index contributed by atoms with van der Waals surface area (Å²) in [6, 6.07) is 0.358. The maximum Gasteiger partial charge on any atom is 0.410 e. The molecule has 3 rings (SSSR count). The first kappa shape index (κ1) is 21.9. The summed E-state index contributed by atoms with van der Waals surface area (Å²) in [5.41, 5.74) is 5.06. The Labute approximate surface area is 176 Å². The molecule has 0 aromatic heterocycles. The van der Waals surface area contributed by atoms with E-state index in [-0.39, 0.29) is 18.2 Å². The van der Waals surface area contributed by atoms with E-state index < -0.39 is 5.60 Å². The molecule has 0 N–H and O–H groups in total. The lowest BCUT2D eigenvalue weighted by Gasteiger charge is -2.46. The van der Waals surface area contributed by atoms with Gasteiger partial charge in [0, 0.05) is 48.7 Å². The minimum atomic E-state index is -0.466. The lowest BCUT2D eigenvalue weighted by molar-refractivity contribution is -0.00419. The van der Waals surface area contributed by atoms with Crippen molar-refractivity contribution in [3.05, 3.63) is 22.9 Å². The van der Waals surface area contributed by atoms with Crippen LogP contribution in [-0.2, 0) is 4.74 Å². The average molecular weight is 402 g/mol. The highest BCUT2D eigenvalue weighted by atomic mass is 16.6. The fraction of sp³-hybridized carbons (Fsp3) is 0.750. The summed E-state index contributed by atoms with van der Waals surface area (Å²) in [5, 5.41) is 0. The van der Waals surface area contributed by atoms with Crippen molar-refractivity contribution in [3.8, 4) is 0 Å². The van der Waals surface area contributed by atoms with Crippen LogP contribution in [0.2, 0.25) is 0 Å². The Morgan fingerprint density at radius 2 is 1.79 bits per heavy atom. The molecule has 0 aromatic carbocycles. The summed E-state index contributed by atoms with van der Waals surface area (Å²) in [6.07, 6.45) is 7.02. The van der Waals surface area contributed by atoms with Gasteiger partial charge in [-0.2, -0.15) is 0 Å². The van der Waals surface area contributed by atoms with E-state index in [9.17, 15) is 4.79 Å². The molecule has 2 atom stereocenters. The van der Waals surface area contributed by atoms with Crippen molar-refractivity contribution in [1.29, 1.82) is 0 Å². The number of ether oxygens (including phenoxy) is 1. The maximum absolute atomic E-state index is 12.7. The molecule has 0 aromatic rings. The molecule has 2 aliphatic carbocycles. The fourth-order valence-electron chi connectivity index (χ4n) is 4.60. The average Bonchev–Trinajstić information content (AvgIpc) is 3.46. The van der Waals surface area contributed by atoms with Crippen LogP contribution >= 0.6 is 0 Å². The van der Waals surface area contributed by atoms with Crippen LogP contribution in [0, 0.1) is 5.92 Å². The third kappa shape index (κ3) is 5.04. The predicted octanol–water partition coefficient (Wildman–Crippen LogP) is 5.18. The summed E-state index contributed by atoms with van der Waals surface area (Å²) >= 11 is 0. The van der Waals surface area contributed by atoms with Gasteiger partial charge in [0.2, 0.25) is 0 Å². The first-order valence-electron chi connectivity index (χ1n) is 11.3. The zero-order valence-corrected chi connectivity index (χ0v) is 19.4. The van der Waals surface area contributed by atoms with Crippen molar-refractivity contribution in [2.75, 3.05) is 19.6 Å². The zero-order chi connectivity index (χ0) is 21.3. The summed E-state index contributed by atoms with van der Waals surface area (Å²) in [5.74, 6) is 0.720. The standard InChI is InChI=1S/C24H39N3O2/c1-8-25-21-11-9-10-20(19-12-13-19)22(21)18(4)26-14-17(3)27(15-16(26)2)23(28)29-24(5,6)7/h10,16-17,19H,8-9,11-15H2,1-7H3/b22-18+,25-21?/t16-,17+/m0/s1. The third-order valence-corrected chi connectivity index (χ3v) is 6.10. The minimum absolute atomic E-state index is 0.111. The number of nitrogens with zero attached hydrogens (tertiary/aromatic N) is 3. The Morgan fingerprint density at radius 1 is 1.17 bits per heavy atom. The Bertz CT molecular complexity index is 725. The van der Waals surface area contributed by atoms with Crippen LogP contribution in [-0.4, -0.2) is 58.9 Å². The van der Waals surface area contributed by atoms with Gasteiger partial charge < -0.3 is 14.5 Å². The number of hydrogen-bond acceptors (Lipinski definition) is 4. The van der Waals surface area contributed by atoms with E-state index in [2.05, 4.69) is 38.7 Å². The summed E-state index contributed by atoms with van der Waals surface area (Å²) in [7, 11) is 0. The van der Waals surface area contributed by atoms with Gasteiger partial charge in [0.05, 0.1) is 0 Å². The highest BCUT2D eigenvalue weighted by Crippen LogP contribution is 2.44. The van der Waals surface area contributed by atoms with Crippen molar-refractivity contribution in [2.45, 2.75) is 91.8 Å². The van der Waals surface area contributed by atoms with Crippen molar-refractivity contribution >= 4 is 11.8 Å². The lowest BCUT2D eigenvalue weighted by Crippen LogP contribution is -2.58. The second-order valence-electron chi connectivity index (χ2n) is 9.84. The van der Waals surface area contributed by atoms with Gasteiger partial charge in [-0.25, -0.2) is 4.79 Å². The number of carbonyl (C=O) groups is 1. The van der Waals surface area contributed by atoms with Crippen molar-refractivity contribution in [3.63, 3.8) is 0 Å². The van der Waals surface area contributed by atoms with Gasteiger partial charge in [0.1, 0.15) is 5.60 Å². The largest absolute Gasteiger partial charge is 0.444 e. The van der Waals surface area contributed by atoms with E-state index in [1.165, 1.54) is 35.4 Å². The number of hydrogen-bond donors (Lipinski definition) is 0. The van der Waals surface area contributed by atoms with Crippen LogP contribution in [0.4, 0.5) is 4.79 Å². The molecular weight excluding hydrogens is 362 g/mol. The van der Waals surface area contributed by atoms with E-state index >= 15 is 0 Å². The first-order valence-corrected chi connectivity index (χ1v) is 11.3.